The fourth-order valence-corrected chi connectivity index (χ4v) is 3.74. The lowest BCUT2D eigenvalue weighted by Gasteiger charge is -2.24. The van der Waals surface area contributed by atoms with Gasteiger partial charge in [-0.1, -0.05) is 0 Å². The number of rotatable bonds is 3. The Morgan fingerprint density at radius 2 is 1.43 bits per heavy atom. The van der Waals surface area contributed by atoms with Gasteiger partial charge >= 0.3 is 24.3 Å². The van der Waals surface area contributed by atoms with Crippen LogP contribution < -0.4 is 4.90 Å². The van der Waals surface area contributed by atoms with E-state index >= 15 is 0 Å². The smallest absolute Gasteiger partial charge is 0.475 e. The molecule has 1 spiro atoms. The quantitative estimate of drug-likeness (QED) is 0.567. The van der Waals surface area contributed by atoms with Crippen LogP contribution in [0.25, 0.3) is 0 Å². The molecule has 0 saturated carbocycles. The summed E-state index contributed by atoms with van der Waals surface area (Å²) in [7, 11) is 0. The first-order valence-electron chi connectivity index (χ1n) is 10.4. The van der Waals surface area contributed by atoms with E-state index in [-0.39, 0.29) is 11.3 Å². The molecule has 0 aliphatic carbocycles. The van der Waals surface area contributed by atoms with E-state index in [2.05, 4.69) is 32.0 Å². The number of alkyl halides is 6. The highest BCUT2D eigenvalue weighted by molar-refractivity contribution is 5.96. The standard InChI is InChI=1S/C17H19N5O.2C2HF3O2/c23-16-7-17(12-22(16)15-8-19-13-20-9-15)3-6-21(11-17)10-14-1-4-18-5-2-14;2*3-2(4,5)1(6)7/h1-2,4-5,8-9,13H,3,6-7,10-12H2;2*(H,6,7). The van der Waals surface area contributed by atoms with Gasteiger partial charge in [0.25, 0.3) is 0 Å². The zero-order chi connectivity index (χ0) is 27.9. The monoisotopic (exact) mass is 537 g/mol. The molecule has 2 aromatic heterocycles. The maximum Gasteiger partial charge on any atom is 0.490 e. The molecule has 10 nitrogen and oxygen atoms in total. The molecule has 202 valence electrons. The summed E-state index contributed by atoms with van der Waals surface area (Å²) in [4.78, 5) is 46.6. The number of pyridine rings is 1. The van der Waals surface area contributed by atoms with Crippen molar-refractivity contribution in [1.29, 1.82) is 0 Å². The van der Waals surface area contributed by atoms with E-state index < -0.39 is 24.3 Å². The topological polar surface area (TPSA) is 137 Å². The fourth-order valence-electron chi connectivity index (χ4n) is 3.74. The first-order chi connectivity index (χ1) is 17.1. The Hall–Kier alpha value is -3.82. The molecule has 1 unspecified atom stereocenters. The molecule has 16 heteroatoms. The summed E-state index contributed by atoms with van der Waals surface area (Å²) in [6, 6.07) is 4.11. The number of carbonyl (C=O) groups excluding carboxylic acids is 1. The normalized spacial score (nSPS) is 19.6. The largest absolute Gasteiger partial charge is 0.490 e. The molecule has 2 aromatic rings. The zero-order valence-corrected chi connectivity index (χ0v) is 18.9. The van der Waals surface area contributed by atoms with E-state index in [4.69, 9.17) is 19.8 Å². The molecule has 4 rings (SSSR count). The van der Waals surface area contributed by atoms with E-state index in [1.54, 1.807) is 12.4 Å². The van der Waals surface area contributed by atoms with Crippen LogP contribution in [0.4, 0.5) is 32.0 Å². The van der Waals surface area contributed by atoms with Gasteiger partial charge in [-0.15, -0.1) is 0 Å². The lowest BCUT2D eigenvalue weighted by molar-refractivity contribution is -0.193. The van der Waals surface area contributed by atoms with Crippen molar-refractivity contribution < 1.29 is 50.9 Å². The second-order valence-corrected chi connectivity index (χ2v) is 8.18. The van der Waals surface area contributed by atoms with Crippen LogP contribution >= 0.6 is 0 Å². The minimum absolute atomic E-state index is 0.0694. The third-order valence-corrected chi connectivity index (χ3v) is 5.34. The van der Waals surface area contributed by atoms with Crippen LogP contribution in [0.15, 0.2) is 43.2 Å². The molecule has 0 radical (unpaired) electrons. The summed E-state index contributed by atoms with van der Waals surface area (Å²) in [6.45, 7) is 3.69. The highest BCUT2D eigenvalue weighted by Crippen LogP contribution is 2.41. The average Bonchev–Trinajstić information content (AvgIpc) is 3.36. The Bertz CT molecular complexity index is 1050. The second-order valence-electron chi connectivity index (χ2n) is 8.18. The SMILES string of the molecule is O=C(O)C(F)(F)F.O=C(O)C(F)(F)F.O=C1CC2(CCN(Cc3ccncc3)C2)CN1c1cncnc1. The van der Waals surface area contributed by atoms with E-state index in [1.807, 2.05) is 17.3 Å². The summed E-state index contributed by atoms with van der Waals surface area (Å²) in [5.74, 6) is -5.33. The number of carboxylic acid groups (broad SMARTS) is 2. The van der Waals surface area contributed by atoms with Crippen LogP contribution in [0.3, 0.4) is 0 Å². The molecule has 37 heavy (non-hydrogen) atoms. The first-order valence-corrected chi connectivity index (χ1v) is 10.4. The number of hydrogen-bond donors (Lipinski definition) is 2. The molecule has 4 heterocycles. The highest BCUT2D eigenvalue weighted by atomic mass is 19.4. The zero-order valence-electron chi connectivity index (χ0n) is 18.9. The van der Waals surface area contributed by atoms with Crippen molar-refractivity contribution in [3.63, 3.8) is 0 Å². The van der Waals surface area contributed by atoms with Crippen LogP contribution in [-0.4, -0.2) is 79.9 Å². The summed E-state index contributed by atoms with van der Waals surface area (Å²) in [6.07, 6.45) is 0.102. The molecule has 2 N–H and O–H groups in total. The third-order valence-electron chi connectivity index (χ3n) is 5.34. The van der Waals surface area contributed by atoms with Gasteiger partial charge in [0.2, 0.25) is 5.91 Å². The van der Waals surface area contributed by atoms with Gasteiger partial charge in [0.15, 0.2) is 0 Å². The fraction of sp³-hybridized carbons (Fsp3) is 0.429. The van der Waals surface area contributed by atoms with Crippen molar-refractivity contribution in [2.45, 2.75) is 31.7 Å². The van der Waals surface area contributed by atoms with E-state index in [0.29, 0.717) is 6.42 Å². The van der Waals surface area contributed by atoms with Crippen LogP contribution in [0, 0.1) is 5.41 Å². The number of hydrogen-bond acceptors (Lipinski definition) is 7. The van der Waals surface area contributed by atoms with Crippen molar-refractivity contribution in [2.75, 3.05) is 24.5 Å². The van der Waals surface area contributed by atoms with Crippen LogP contribution in [0.2, 0.25) is 0 Å². The number of nitrogens with zero attached hydrogens (tertiary/aromatic N) is 5. The van der Waals surface area contributed by atoms with E-state index in [9.17, 15) is 31.1 Å². The van der Waals surface area contributed by atoms with Crippen molar-refractivity contribution in [3.8, 4) is 0 Å². The number of likely N-dealkylation sites (tertiary alicyclic amines) is 1. The van der Waals surface area contributed by atoms with Crippen LogP contribution in [0.1, 0.15) is 18.4 Å². The van der Waals surface area contributed by atoms with Gasteiger partial charge in [-0.2, -0.15) is 26.3 Å². The van der Waals surface area contributed by atoms with Gasteiger partial charge < -0.3 is 15.1 Å². The minimum atomic E-state index is -5.08. The van der Waals surface area contributed by atoms with Gasteiger partial charge in [0.1, 0.15) is 6.33 Å². The molecular formula is C21H21F6N5O5. The van der Waals surface area contributed by atoms with Gasteiger partial charge in [-0.05, 0) is 30.7 Å². The predicted molar refractivity (Wildman–Crippen MR) is 113 cm³/mol. The summed E-state index contributed by atoms with van der Waals surface area (Å²) in [5, 5.41) is 14.2. The lowest BCUT2D eigenvalue weighted by atomic mass is 9.86. The Kier molecular flexibility index (Phi) is 9.49. The highest BCUT2D eigenvalue weighted by Gasteiger charge is 2.47. The van der Waals surface area contributed by atoms with Gasteiger partial charge in [-0.25, -0.2) is 19.6 Å². The minimum Gasteiger partial charge on any atom is -0.475 e. The van der Waals surface area contributed by atoms with E-state index in [0.717, 1.165) is 38.3 Å². The number of carbonyl (C=O) groups is 3. The molecule has 1 atom stereocenters. The molecule has 1 amide bonds. The number of aromatic nitrogens is 3. The van der Waals surface area contributed by atoms with Crippen molar-refractivity contribution in [3.05, 3.63) is 48.8 Å². The molecule has 2 aliphatic heterocycles. The Labute approximate surface area is 205 Å². The maximum absolute atomic E-state index is 12.4. The van der Waals surface area contributed by atoms with Crippen LogP contribution in [-0.2, 0) is 20.9 Å². The van der Waals surface area contributed by atoms with Crippen molar-refractivity contribution >= 4 is 23.5 Å². The number of aliphatic carboxylic acids is 2. The first kappa shape index (κ1) is 29.4. The molecule has 2 aliphatic rings. The number of carboxylic acids is 2. The summed E-state index contributed by atoms with van der Waals surface area (Å²) >= 11 is 0. The number of anilines is 1. The number of amides is 1. The van der Waals surface area contributed by atoms with E-state index in [1.165, 1.54) is 11.9 Å². The average molecular weight is 537 g/mol. The Morgan fingerprint density at radius 3 is 1.92 bits per heavy atom. The van der Waals surface area contributed by atoms with Crippen molar-refractivity contribution in [2.24, 2.45) is 5.41 Å². The van der Waals surface area contributed by atoms with Gasteiger partial charge in [-0.3, -0.25) is 14.7 Å². The number of halogens is 6. The van der Waals surface area contributed by atoms with Crippen LogP contribution in [0.5, 0.6) is 0 Å². The lowest BCUT2D eigenvalue weighted by Crippen LogP contribution is -2.31. The molecular weight excluding hydrogens is 516 g/mol. The molecule has 0 bridgehead atoms. The Morgan fingerprint density at radius 1 is 0.919 bits per heavy atom. The predicted octanol–water partition coefficient (Wildman–Crippen LogP) is 2.77. The molecule has 0 aromatic carbocycles. The third kappa shape index (κ3) is 8.96. The Balaban J connectivity index is 0.000000286. The molecule has 2 saturated heterocycles. The molecule has 2 fully saturated rings. The second kappa shape index (κ2) is 11.9. The summed E-state index contributed by atoms with van der Waals surface area (Å²) < 4.78 is 63.5. The van der Waals surface area contributed by atoms with Gasteiger partial charge in [0, 0.05) is 43.9 Å². The van der Waals surface area contributed by atoms with Crippen molar-refractivity contribution in [1.82, 2.24) is 19.9 Å². The maximum atomic E-state index is 12.4. The van der Waals surface area contributed by atoms with Gasteiger partial charge in [0.05, 0.1) is 18.1 Å². The summed E-state index contributed by atoms with van der Waals surface area (Å²) in [5.41, 5.74) is 2.15.